The van der Waals surface area contributed by atoms with Crippen LogP contribution in [0.1, 0.15) is 63.0 Å². The summed E-state index contributed by atoms with van der Waals surface area (Å²) >= 11 is 0. The molecule has 0 saturated carbocycles. The van der Waals surface area contributed by atoms with E-state index in [0.717, 1.165) is 22.3 Å². The zero-order valence-corrected chi connectivity index (χ0v) is 24.1. The predicted octanol–water partition coefficient (Wildman–Crippen LogP) is 2.76. The number of alkyl carbamates (subject to hydrolysis) is 1. The number of amides is 3. The molecule has 0 spiro atoms. The van der Waals surface area contributed by atoms with Crippen molar-refractivity contribution in [1.82, 2.24) is 16.0 Å². The molecule has 11 nitrogen and oxygen atoms in total. The molecule has 2 aromatic carbocycles. The molecule has 2 aromatic rings. The van der Waals surface area contributed by atoms with E-state index in [1.165, 1.54) is 0 Å². The Morgan fingerprint density at radius 3 is 2.14 bits per heavy atom. The Labute approximate surface area is 245 Å². The molecule has 3 rings (SSSR count). The van der Waals surface area contributed by atoms with Gasteiger partial charge in [-0.1, -0.05) is 62.4 Å². The molecular weight excluding hydrogens is 540 g/mol. The SMILES string of the molecule is CC(C)[C@H](NC(=O)OCC1c2ccccc2-c2ccccc21)C(=O)N[C@@H](CCCCN)C(=O)NCCCC(=O)OC=O. The molecule has 0 unspecified atom stereocenters. The fraction of sp³-hybridized carbons (Fsp3) is 0.452. The third kappa shape index (κ3) is 8.87. The lowest BCUT2D eigenvalue weighted by molar-refractivity contribution is -0.151. The number of fused-ring (bicyclic) bond motifs is 3. The van der Waals surface area contributed by atoms with Gasteiger partial charge >= 0.3 is 18.5 Å². The Bertz CT molecular complexity index is 1200. The van der Waals surface area contributed by atoms with Crippen molar-refractivity contribution < 1.29 is 33.4 Å². The minimum absolute atomic E-state index is 0.0390. The Morgan fingerprint density at radius 1 is 0.905 bits per heavy atom. The highest BCUT2D eigenvalue weighted by molar-refractivity contribution is 5.91. The zero-order valence-electron chi connectivity index (χ0n) is 24.1. The molecule has 5 N–H and O–H groups in total. The molecule has 0 heterocycles. The summed E-state index contributed by atoms with van der Waals surface area (Å²) in [7, 11) is 0. The number of ether oxygens (including phenoxy) is 2. The molecule has 0 aromatic heterocycles. The summed E-state index contributed by atoms with van der Waals surface area (Å²) in [6.45, 7) is 4.34. The van der Waals surface area contributed by atoms with Gasteiger partial charge in [0.1, 0.15) is 18.7 Å². The van der Waals surface area contributed by atoms with Crippen LogP contribution in [0.15, 0.2) is 48.5 Å². The lowest BCUT2D eigenvalue weighted by Gasteiger charge is -2.25. The van der Waals surface area contributed by atoms with Crippen molar-refractivity contribution in [1.29, 1.82) is 0 Å². The number of esters is 1. The van der Waals surface area contributed by atoms with E-state index in [9.17, 15) is 24.0 Å². The summed E-state index contributed by atoms with van der Waals surface area (Å²) < 4.78 is 9.85. The van der Waals surface area contributed by atoms with Gasteiger partial charge in [-0.3, -0.25) is 19.2 Å². The van der Waals surface area contributed by atoms with Crippen molar-refractivity contribution in [3.8, 4) is 11.1 Å². The number of unbranched alkanes of at least 4 members (excludes halogenated alkanes) is 1. The van der Waals surface area contributed by atoms with Crippen LogP contribution < -0.4 is 21.7 Å². The van der Waals surface area contributed by atoms with Gasteiger partial charge in [0.2, 0.25) is 11.8 Å². The first-order valence-corrected chi connectivity index (χ1v) is 14.3. The Hall–Kier alpha value is -4.25. The van der Waals surface area contributed by atoms with Crippen LogP contribution >= 0.6 is 0 Å². The van der Waals surface area contributed by atoms with Crippen molar-refractivity contribution >= 4 is 30.3 Å². The highest BCUT2D eigenvalue weighted by Crippen LogP contribution is 2.44. The van der Waals surface area contributed by atoms with Gasteiger partial charge in [-0.25, -0.2) is 4.79 Å². The summed E-state index contributed by atoms with van der Waals surface area (Å²) in [5, 5.41) is 8.12. The van der Waals surface area contributed by atoms with Crippen LogP contribution in [-0.2, 0) is 28.7 Å². The highest BCUT2D eigenvalue weighted by atomic mass is 16.6. The summed E-state index contributed by atoms with van der Waals surface area (Å²) in [5.41, 5.74) is 9.98. The van der Waals surface area contributed by atoms with Gasteiger partial charge in [-0.15, -0.1) is 0 Å². The minimum Gasteiger partial charge on any atom is -0.449 e. The second-order valence-corrected chi connectivity index (χ2v) is 10.5. The lowest BCUT2D eigenvalue weighted by Crippen LogP contribution is -2.55. The van der Waals surface area contributed by atoms with Crippen molar-refractivity contribution in [2.24, 2.45) is 11.7 Å². The second kappa shape index (κ2) is 16.3. The van der Waals surface area contributed by atoms with E-state index >= 15 is 0 Å². The normalized spacial score (nSPS) is 13.3. The quantitative estimate of drug-likeness (QED) is 0.102. The average Bonchev–Trinajstić information content (AvgIpc) is 3.30. The molecule has 0 bridgehead atoms. The first kappa shape index (κ1) is 32.3. The van der Waals surface area contributed by atoms with Crippen LogP contribution in [0.3, 0.4) is 0 Å². The smallest absolute Gasteiger partial charge is 0.407 e. The molecule has 1 aliphatic rings. The Kier molecular flexibility index (Phi) is 12.5. The maximum atomic E-state index is 13.3. The van der Waals surface area contributed by atoms with Gasteiger partial charge in [0.25, 0.3) is 0 Å². The van der Waals surface area contributed by atoms with Gasteiger partial charge in [-0.2, -0.15) is 0 Å². The number of nitrogens with one attached hydrogen (secondary N) is 3. The van der Waals surface area contributed by atoms with Crippen molar-refractivity contribution in [3.63, 3.8) is 0 Å². The number of benzene rings is 2. The van der Waals surface area contributed by atoms with Gasteiger partial charge in [-0.05, 0) is 60.4 Å². The maximum Gasteiger partial charge on any atom is 0.407 e. The van der Waals surface area contributed by atoms with Crippen LogP contribution in [0.2, 0.25) is 0 Å². The number of carbonyl (C=O) groups excluding carboxylic acids is 5. The first-order valence-electron chi connectivity index (χ1n) is 14.3. The second-order valence-electron chi connectivity index (χ2n) is 10.5. The molecule has 0 saturated heterocycles. The Balaban J connectivity index is 1.58. The number of hydrogen-bond acceptors (Lipinski definition) is 8. The van der Waals surface area contributed by atoms with E-state index in [-0.39, 0.29) is 44.3 Å². The predicted molar refractivity (Wildman–Crippen MR) is 156 cm³/mol. The van der Waals surface area contributed by atoms with Crippen molar-refractivity contribution in [2.75, 3.05) is 19.7 Å². The molecule has 3 amide bonds. The number of hydrogen-bond donors (Lipinski definition) is 4. The summed E-state index contributed by atoms with van der Waals surface area (Å²) in [5.74, 6) is -2.03. The van der Waals surface area contributed by atoms with Gasteiger partial charge in [0.15, 0.2) is 0 Å². The van der Waals surface area contributed by atoms with Crippen LogP contribution in [-0.4, -0.2) is 62.1 Å². The van der Waals surface area contributed by atoms with Crippen molar-refractivity contribution in [2.45, 2.75) is 64.0 Å². The van der Waals surface area contributed by atoms with E-state index in [1.807, 2.05) is 36.4 Å². The standard InChI is InChI=1S/C31H40N4O7/c1-20(2)28(30(39)34-26(14-7-8-16-32)29(38)33-17-9-15-27(37)42-19-36)35-31(40)41-18-25-23-12-5-3-10-21(23)22-11-4-6-13-24(22)25/h3-6,10-13,19-20,25-26,28H,7-9,14-18,32H2,1-2H3,(H,33,38)(H,34,39)(H,35,40)/t26-,28-/m0/s1. The third-order valence-corrected chi connectivity index (χ3v) is 7.18. The van der Waals surface area contributed by atoms with Gasteiger partial charge in [0, 0.05) is 18.9 Å². The Morgan fingerprint density at radius 2 is 1.55 bits per heavy atom. The molecular formula is C31H40N4O7. The topological polar surface area (TPSA) is 166 Å². The van der Waals surface area contributed by atoms with Crippen molar-refractivity contribution in [3.05, 3.63) is 59.7 Å². The van der Waals surface area contributed by atoms with Crippen LogP contribution in [0.4, 0.5) is 4.79 Å². The maximum absolute atomic E-state index is 13.3. The van der Waals surface area contributed by atoms with Crippen LogP contribution in [0, 0.1) is 5.92 Å². The number of carbonyl (C=O) groups is 5. The van der Waals surface area contributed by atoms with Gasteiger partial charge in [0.05, 0.1) is 0 Å². The molecule has 0 fully saturated rings. The van der Waals surface area contributed by atoms with E-state index in [0.29, 0.717) is 25.8 Å². The molecule has 0 aliphatic heterocycles. The monoisotopic (exact) mass is 580 g/mol. The summed E-state index contributed by atoms with van der Waals surface area (Å²) in [6, 6.07) is 14.2. The largest absolute Gasteiger partial charge is 0.449 e. The highest BCUT2D eigenvalue weighted by Gasteiger charge is 2.31. The summed E-state index contributed by atoms with van der Waals surface area (Å²) in [4.78, 5) is 60.6. The summed E-state index contributed by atoms with van der Waals surface area (Å²) in [6.07, 6.45) is 1.12. The van der Waals surface area contributed by atoms with E-state index in [4.69, 9.17) is 10.5 Å². The average molecular weight is 581 g/mol. The van der Waals surface area contributed by atoms with E-state index < -0.39 is 36.0 Å². The lowest BCUT2D eigenvalue weighted by atomic mass is 9.98. The fourth-order valence-electron chi connectivity index (χ4n) is 5.01. The molecule has 226 valence electrons. The molecule has 42 heavy (non-hydrogen) atoms. The fourth-order valence-corrected chi connectivity index (χ4v) is 5.01. The zero-order chi connectivity index (χ0) is 30.5. The van der Waals surface area contributed by atoms with Crippen LogP contribution in [0.5, 0.6) is 0 Å². The molecule has 0 radical (unpaired) electrons. The molecule has 1 aliphatic carbocycles. The van der Waals surface area contributed by atoms with Crippen LogP contribution in [0.25, 0.3) is 11.1 Å². The number of nitrogens with two attached hydrogens (primary N) is 1. The van der Waals surface area contributed by atoms with E-state index in [1.54, 1.807) is 13.8 Å². The molecule has 11 heteroatoms. The van der Waals surface area contributed by atoms with Gasteiger partial charge < -0.3 is 31.2 Å². The number of rotatable bonds is 16. The first-order chi connectivity index (χ1) is 20.3. The molecule has 2 atom stereocenters. The third-order valence-electron chi connectivity index (χ3n) is 7.18. The minimum atomic E-state index is -0.941. The van der Waals surface area contributed by atoms with E-state index in [2.05, 4.69) is 32.8 Å².